The molecule has 0 aromatic carbocycles. The fourth-order valence-corrected chi connectivity index (χ4v) is 0.277. The number of hydrogen-bond donors (Lipinski definition) is 1. The van der Waals surface area contributed by atoms with Gasteiger partial charge in [-0.1, -0.05) is 0 Å². The maximum atomic E-state index is 10.2. The van der Waals surface area contributed by atoms with E-state index in [1.54, 1.807) is 13.8 Å². The highest BCUT2D eigenvalue weighted by Crippen LogP contribution is 1.81. The highest BCUT2D eigenvalue weighted by atomic mass is 16.7. The minimum Gasteiger partial charge on any atom is -0.435 e. The van der Waals surface area contributed by atoms with Crippen LogP contribution >= 0.6 is 0 Å². The normalized spacial score (nSPS) is 6.73. The summed E-state index contributed by atoms with van der Waals surface area (Å²) in [5.41, 5.74) is 0. The van der Waals surface area contributed by atoms with Crippen molar-refractivity contribution in [1.82, 2.24) is 0 Å². The quantitative estimate of drug-likeness (QED) is 0.373. The first-order chi connectivity index (χ1) is 5.22. The third-order valence-electron chi connectivity index (χ3n) is 0.524. The molecule has 0 aromatic heterocycles. The van der Waals surface area contributed by atoms with Crippen LogP contribution in [0.5, 0.6) is 0 Å². The van der Waals surface area contributed by atoms with E-state index in [-0.39, 0.29) is 0 Å². The van der Waals surface area contributed by atoms with Gasteiger partial charge in [-0.05, 0) is 13.8 Å². The van der Waals surface area contributed by atoms with Gasteiger partial charge in [0.15, 0.2) is 0 Å². The molecule has 0 bridgehead atoms. The van der Waals surface area contributed by atoms with Gasteiger partial charge in [0.2, 0.25) is 6.08 Å². The van der Waals surface area contributed by atoms with Crippen LogP contribution in [0, 0.1) is 5.41 Å². The molecule has 0 aromatic rings. The number of isocyanates is 1. The van der Waals surface area contributed by atoms with Gasteiger partial charge in [0.05, 0.1) is 13.2 Å². The highest BCUT2D eigenvalue weighted by molar-refractivity contribution is 5.59. The molecule has 0 aliphatic heterocycles. The van der Waals surface area contributed by atoms with E-state index in [1.807, 2.05) is 0 Å². The molecule has 0 amide bonds. The van der Waals surface area contributed by atoms with Crippen LogP contribution in [0.15, 0.2) is 0 Å². The highest BCUT2D eigenvalue weighted by Gasteiger charge is 1.96. The van der Waals surface area contributed by atoms with Crippen LogP contribution in [0.4, 0.5) is 4.79 Å². The number of carbonyl (C=O) groups excluding carboxylic acids is 2. The Morgan fingerprint density at radius 3 is 1.82 bits per heavy atom. The minimum absolute atomic E-state index is 0.374. The Kier molecular flexibility index (Phi) is 12.8. The molecular weight excluding hydrogens is 150 g/mol. The number of hydrogen-bond acceptors (Lipinski definition) is 5. The zero-order valence-electron chi connectivity index (χ0n) is 6.55. The minimum atomic E-state index is -0.588. The third-order valence-corrected chi connectivity index (χ3v) is 0.524. The second-order valence-corrected chi connectivity index (χ2v) is 1.22. The lowest BCUT2D eigenvalue weighted by Gasteiger charge is -1.98. The van der Waals surface area contributed by atoms with Crippen molar-refractivity contribution in [1.29, 1.82) is 5.41 Å². The average molecular weight is 161 g/mol. The predicted octanol–water partition coefficient (Wildman–Crippen LogP) is 1.08. The molecule has 0 atom stereocenters. The molecule has 5 nitrogen and oxygen atoms in total. The van der Waals surface area contributed by atoms with Crippen molar-refractivity contribution in [3.8, 4) is 0 Å². The predicted molar refractivity (Wildman–Crippen MR) is 37.1 cm³/mol. The first-order valence-electron chi connectivity index (χ1n) is 3.06. The first kappa shape index (κ1) is 12.3. The Balaban J connectivity index is 0. The molecule has 11 heavy (non-hydrogen) atoms. The Hall–Kier alpha value is -1.35. The maximum absolute atomic E-state index is 10.2. The van der Waals surface area contributed by atoms with Crippen molar-refractivity contribution in [2.75, 3.05) is 13.2 Å². The number of carbonyl (C=O) groups is 1. The van der Waals surface area contributed by atoms with E-state index < -0.39 is 6.16 Å². The van der Waals surface area contributed by atoms with Gasteiger partial charge in [-0.2, -0.15) is 0 Å². The van der Waals surface area contributed by atoms with Crippen LogP contribution in [0.3, 0.4) is 0 Å². The zero-order valence-corrected chi connectivity index (χ0v) is 6.55. The Bertz CT molecular complexity index is 121. The van der Waals surface area contributed by atoms with Crippen LogP contribution in [0.25, 0.3) is 0 Å². The summed E-state index contributed by atoms with van der Waals surface area (Å²) in [6.07, 6.45) is 0.162. The van der Waals surface area contributed by atoms with Gasteiger partial charge in [-0.25, -0.2) is 15.0 Å². The van der Waals surface area contributed by atoms with Gasteiger partial charge in [0.1, 0.15) is 0 Å². The third kappa shape index (κ3) is 17.7. The van der Waals surface area contributed by atoms with Crippen LogP contribution in [0.1, 0.15) is 13.8 Å². The van der Waals surface area contributed by atoms with Gasteiger partial charge >= 0.3 is 6.16 Å². The maximum Gasteiger partial charge on any atom is 0.508 e. The summed E-state index contributed by atoms with van der Waals surface area (Å²) in [7, 11) is 0. The van der Waals surface area contributed by atoms with E-state index in [4.69, 9.17) is 10.2 Å². The van der Waals surface area contributed by atoms with E-state index >= 15 is 0 Å². The van der Waals surface area contributed by atoms with E-state index in [1.165, 1.54) is 0 Å². The topological polar surface area (TPSA) is 76.5 Å². The molecule has 0 aliphatic rings. The van der Waals surface area contributed by atoms with E-state index in [0.29, 0.717) is 13.2 Å². The van der Waals surface area contributed by atoms with Gasteiger partial charge in [-0.15, -0.1) is 0 Å². The lowest BCUT2D eigenvalue weighted by atomic mass is 10.8. The fourth-order valence-electron chi connectivity index (χ4n) is 0.277. The van der Waals surface area contributed by atoms with Crippen molar-refractivity contribution in [2.45, 2.75) is 13.8 Å². The molecular formula is C6H11NO4. The lowest BCUT2D eigenvalue weighted by Crippen LogP contribution is -2.05. The SMILES string of the molecule is CCOC(=O)OCC.N=C=O. The summed E-state index contributed by atoms with van der Waals surface area (Å²) in [6.45, 7) is 4.21. The van der Waals surface area contributed by atoms with Crippen molar-refractivity contribution in [2.24, 2.45) is 0 Å². The van der Waals surface area contributed by atoms with E-state index in [9.17, 15) is 4.79 Å². The number of rotatable bonds is 2. The Morgan fingerprint density at radius 2 is 1.64 bits per heavy atom. The molecule has 0 heterocycles. The Morgan fingerprint density at radius 1 is 1.36 bits per heavy atom. The average Bonchev–Trinajstić information content (AvgIpc) is 1.90. The lowest BCUT2D eigenvalue weighted by molar-refractivity contribution is 0.0630. The smallest absolute Gasteiger partial charge is 0.435 e. The van der Waals surface area contributed by atoms with Crippen LogP contribution in [-0.2, 0) is 14.3 Å². The zero-order chi connectivity index (χ0) is 9.11. The number of nitrogens with one attached hydrogen (secondary N) is 1. The summed E-state index contributed by atoms with van der Waals surface area (Å²) in [5, 5.41) is 5.40. The second kappa shape index (κ2) is 11.4. The van der Waals surface area contributed by atoms with Gasteiger partial charge < -0.3 is 9.47 Å². The van der Waals surface area contributed by atoms with Crippen LogP contribution in [0.2, 0.25) is 0 Å². The molecule has 0 aliphatic carbocycles. The molecule has 5 heteroatoms. The monoisotopic (exact) mass is 161 g/mol. The molecule has 1 N–H and O–H groups in total. The molecule has 0 spiro atoms. The molecule has 0 fully saturated rings. The van der Waals surface area contributed by atoms with Gasteiger partial charge in [0, 0.05) is 0 Å². The molecule has 0 saturated heterocycles. The van der Waals surface area contributed by atoms with Crippen molar-refractivity contribution in [3.05, 3.63) is 0 Å². The van der Waals surface area contributed by atoms with Gasteiger partial charge in [-0.3, -0.25) is 0 Å². The van der Waals surface area contributed by atoms with Crippen LogP contribution < -0.4 is 0 Å². The molecule has 0 rings (SSSR count). The van der Waals surface area contributed by atoms with Crippen molar-refractivity contribution in [3.63, 3.8) is 0 Å². The molecule has 64 valence electrons. The molecule has 0 saturated carbocycles. The summed E-state index contributed by atoms with van der Waals surface area (Å²) < 4.78 is 8.84. The molecule has 0 unspecified atom stereocenters. The first-order valence-corrected chi connectivity index (χ1v) is 3.06. The number of ether oxygens (including phenoxy) is 2. The van der Waals surface area contributed by atoms with E-state index in [2.05, 4.69) is 9.47 Å². The van der Waals surface area contributed by atoms with Crippen molar-refractivity contribution >= 4 is 12.2 Å². The van der Waals surface area contributed by atoms with Gasteiger partial charge in [0.25, 0.3) is 0 Å². The summed E-state index contributed by atoms with van der Waals surface area (Å²) in [5.74, 6) is 0. The summed E-state index contributed by atoms with van der Waals surface area (Å²) in [4.78, 5) is 18.5. The van der Waals surface area contributed by atoms with Crippen LogP contribution in [-0.4, -0.2) is 25.4 Å². The van der Waals surface area contributed by atoms with Crippen molar-refractivity contribution < 1.29 is 19.1 Å². The fraction of sp³-hybridized carbons (Fsp3) is 0.667. The van der Waals surface area contributed by atoms with E-state index in [0.717, 1.165) is 6.08 Å². The largest absolute Gasteiger partial charge is 0.508 e. The second-order valence-electron chi connectivity index (χ2n) is 1.22. The standard InChI is InChI=1S/C5H10O3.CHNO/c1-3-7-5(6)8-4-2;2-1-3/h3-4H2,1-2H3;2H. The summed E-state index contributed by atoms with van der Waals surface area (Å²) >= 11 is 0. The summed E-state index contributed by atoms with van der Waals surface area (Å²) in [6, 6.07) is 0. The molecule has 0 radical (unpaired) electrons. The Labute approximate surface area is 64.8 Å².